The molecule has 4 rings (SSSR count). The quantitative estimate of drug-likeness (QED) is 0.356. The van der Waals surface area contributed by atoms with Crippen LogP contribution >= 0.6 is 0 Å². The van der Waals surface area contributed by atoms with Crippen LogP contribution < -0.4 is 16.4 Å². The summed E-state index contributed by atoms with van der Waals surface area (Å²) in [5.41, 5.74) is 9.63. The molecule has 4 N–H and O–H groups in total. The largest absolute Gasteiger partial charge is 0.462 e. The Labute approximate surface area is 185 Å². The molecule has 4 aromatic rings. The van der Waals surface area contributed by atoms with Crippen molar-refractivity contribution in [2.75, 3.05) is 23.0 Å². The average molecular weight is 428 g/mol. The predicted molar refractivity (Wildman–Crippen MR) is 126 cm³/mol. The van der Waals surface area contributed by atoms with Crippen molar-refractivity contribution < 1.29 is 9.53 Å². The summed E-state index contributed by atoms with van der Waals surface area (Å²) in [5.74, 6) is 0.875. The molecule has 0 aliphatic rings. The highest BCUT2D eigenvalue weighted by Crippen LogP contribution is 2.30. The smallest absolute Gasteiger partial charge is 0.338 e. The summed E-state index contributed by atoms with van der Waals surface area (Å²) in [5, 5.41) is 7.40. The summed E-state index contributed by atoms with van der Waals surface area (Å²) < 4.78 is 5.26. The van der Waals surface area contributed by atoms with Gasteiger partial charge in [0.1, 0.15) is 12.0 Å². The highest BCUT2D eigenvalue weighted by molar-refractivity contribution is 5.94. The molecule has 0 aliphatic carbocycles. The molecule has 0 atom stereocenters. The molecule has 2 aromatic carbocycles. The Bertz CT molecular complexity index is 1240. The fraction of sp³-hybridized carbons (Fsp3) is 0.167. The Kier molecular flexibility index (Phi) is 6.12. The zero-order chi connectivity index (χ0) is 22.5. The van der Waals surface area contributed by atoms with Crippen LogP contribution in [0.2, 0.25) is 0 Å². The summed E-state index contributed by atoms with van der Waals surface area (Å²) in [6, 6.07) is 16.6. The van der Waals surface area contributed by atoms with Crippen molar-refractivity contribution in [3.05, 3.63) is 72.7 Å². The number of nitrogens with one attached hydrogen (secondary N) is 2. The Morgan fingerprint density at radius 3 is 2.47 bits per heavy atom. The number of nitrogen functional groups attached to an aromatic ring is 1. The van der Waals surface area contributed by atoms with Gasteiger partial charge in [0.2, 0.25) is 0 Å². The molecule has 32 heavy (non-hydrogen) atoms. The second kappa shape index (κ2) is 9.30. The molecule has 0 aliphatic heterocycles. The number of nitrogens with two attached hydrogens (primary N) is 1. The van der Waals surface area contributed by atoms with E-state index in [0.717, 1.165) is 22.3 Å². The Morgan fingerprint density at radius 1 is 0.969 bits per heavy atom. The Balaban J connectivity index is 1.51. The minimum atomic E-state index is -0.345. The van der Waals surface area contributed by atoms with Crippen LogP contribution in [0, 0.1) is 5.92 Å². The summed E-state index contributed by atoms with van der Waals surface area (Å²) in [4.78, 5) is 25.0. The van der Waals surface area contributed by atoms with E-state index in [0.29, 0.717) is 29.5 Å². The Morgan fingerprint density at radius 2 is 1.72 bits per heavy atom. The van der Waals surface area contributed by atoms with Gasteiger partial charge in [0.15, 0.2) is 11.6 Å². The maximum atomic E-state index is 12.1. The SMILES string of the molecule is CC(C)COC(=O)c1ccc(Nc2ncnc(Nc3cccc4ncccc34)c2N)cc1. The van der Waals surface area contributed by atoms with Gasteiger partial charge >= 0.3 is 5.97 Å². The van der Waals surface area contributed by atoms with Crippen LogP contribution in [-0.2, 0) is 4.74 Å². The predicted octanol–water partition coefficient (Wildman–Crippen LogP) is 4.91. The molecule has 0 radical (unpaired) electrons. The number of esters is 1. The van der Waals surface area contributed by atoms with Gasteiger partial charge in [-0.15, -0.1) is 0 Å². The summed E-state index contributed by atoms with van der Waals surface area (Å²) in [6.45, 7) is 4.37. The summed E-state index contributed by atoms with van der Waals surface area (Å²) in [7, 11) is 0. The van der Waals surface area contributed by atoms with Crippen LogP contribution in [0.5, 0.6) is 0 Å². The maximum absolute atomic E-state index is 12.1. The topological polar surface area (TPSA) is 115 Å². The first kappa shape index (κ1) is 21.0. The molecule has 162 valence electrons. The number of nitrogens with zero attached hydrogens (tertiary/aromatic N) is 3. The van der Waals surface area contributed by atoms with E-state index in [1.54, 1.807) is 30.5 Å². The number of fused-ring (bicyclic) bond motifs is 1. The zero-order valence-electron chi connectivity index (χ0n) is 17.9. The van der Waals surface area contributed by atoms with Crippen molar-refractivity contribution in [3.8, 4) is 0 Å². The molecular formula is C24H24N6O2. The van der Waals surface area contributed by atoms with E-state index in [9.17, 15) is 4.79 Å². The van der Waals surface area contributed by atoms with Crippen LogP contribution in [0.3, 0.4) is 0 Å². The third-order valence-corrected chi connectivity index (χ3v) is 4.71. The first-order chi connectivity index (χ1) is 15.5. The molecule has 8 nitrogen and oxygen atoms in total. The molecule has 0 fully saturated rings. The molecule has 0 saturated heterocycles. The van der Waals surface area contributed by atoms with Gasteiger partial charge < -0.3 is 21.1 Å². The van der Waals surface area contributed by atoms with Crippen molar-refractivity contribution in [3.63, 3.8) is 0 Å². The fourth-order valence-corrected chi connectivity index (χ4v) is 3.09. The van der Waals surface area contributed by atoms with E-state index in [2.05, 4.69) is 25.6 Å². The second-order valence-corrected chi connectivity index (χ2v) is 7.68. The van der Waals surface area contributed by atoms with E-state index >= 15 is 0 Å². The van der Waals surface area contributed by atoms with Crippen LogP contribution in [-0.4, -0.2) is 27.5 Å². The van der Waals surface area contributed by atoms with Crippen molar-refractivity contribution in [2.45, 2.75) is 13.8 Å². The number of carbonyl (C=O) groups is 1. The molecular weight excluding hydrogens is 404 g/mol. The molecule has 2 aromatic heterocycles. The third-order valence-electron chi connectivity index (χ3n) is 4.71. The standard InChI is InChI=1S/C24H24N6O2/c1-15(2)13-32-24(31)16-8-10-17(11-9-16)29-22-21(25)23(28-14-27-22)30-20-7-3-6-19-18(20)5-4-12-26-19/h3-12,14-15H,13,25H2,1-2H3,(H2,27,28,29,30). The lowest BCUT2D eigenvalue weighted by Crippen LogP contribution is -2.10. The minimum absolute atomic E-state index is 0.286. The van der Waals surface area contributed by atoms with Crippen molar-refractivity contribution >= 4 is 45.6 Å². The molecule has 2 heterocycles. The molecule has 8 heteroatoms. The lowest BCUT2D eigenvalue weighted by Gasteiger charge is -2.14. The fourth-order valence-electron chi connectivity index (χ4n) is 3.09. The highest BCUT2D eigenvalue weighted by Gasteiger charge is 2.12. The Hall–Kier alpha value is -4.20. The van der Waals surface area contributed by atoms with Gasteiger partial charge in [-0.25, -0.2) is 14.8 Å². The zero-order valence-corrected chi connectivity index (χ0v) is 17.9. The number of aromatic nitrogens is 3. The number of benzene rings is 2. The van der Waals surface area contributed by atoms with E-state index in [1.807, 2.05) is 44.2 Å². The normalized spacial score (nSPS) is 10.8. The lowest BCUT2D eigenvalue weighted by atomic mass is 10.2. The summed E-state index contributed by atoms with van der Waals surface area (Å²) in [6.07, 6.45) is 3.19. The van der Waals surface area contributed by atoms with E-state index < -0.39 is 0 Å². The maximum Gasteiger partial charge on any atom is 0.338 e. The molecule has 0 amide bonds. The molecule has 0 spiro atoms. The van der Waals surface area contributed by atoms with Crippen molar-refractivity contribution in [2.24, 2.45) is 5.92 Å². The number of ether oxygens (including phenoxy) is 1. The first-order valence-electron chi connectivity index (χ1n) is 10.3. The van der Waals surface area contributed by atoms with Crippen molar-refractivity contribution in [1.29, 1.82) is 0 Å². The third kappa shape index (κ3) is 4.75. The van der Waals surface area contributed by atoms with Gasteiger partial charge in [-0.2, -0.15) is 0 Å². The van der Waals surface area contributed by atoms with E-state index in [1.165, 1.54) is 6.33 Å². The molecule has 0 bridgehead atoms. The summed E-state index contributed by atoms with van der Waals surface area (Å²) >= 11 is 0. The van der Waals surface area contributed by atoms with Gasteiger partial charge in [-0.05, 0) is 54.4 Å². The highest BCUT2D eigenvalue weighted by atomic mass is 16.5. The number of hydrogen-bond donors (Lipinski definition) is 3. The van der Waals surface area contributed by atoms with Crippen molar-refractivity contribution in [1.82, 2.24) is 15.0 Å². The van der Waals surface area contributed by atoms with Crippen LogP contribution in [0.25, 0.3) is 10.9 Å². The number of hydrogen-bond acceptors (Lipinski definition) is 8. The van der Waals surface area contributed by atoms with Crippen LogP contribution in [0.1, 0.15) is 24.2 Å². The minimum Gasteiger partial charge on any atom is -0.462 e. The number of anilines is 5. The van der Waals surface area contributed by atoms with Gasteiger partial charge in [-0.1, -0.05) is 19.9 Å². The number of carbonyl (C=O) groups excluding carboxylic acids is 1. The van der Waals surface area contributed by atoms with Crippen LogP contribution in [0.15, 0.2) is 67.1 Å². The van der Waals surface area contributed by atoms with Gasteiger partial charge in [0, 0.05) is 23.0 Å². The van der Waals surface area contributed by atoms with Gasteiger partial charge in [0.25, 0.3) is 0 Å². The molecule has 0 unspecified atom stereocenters. The van der Waals surface area contributed by atoms with E-state index in [4.69, 9.17) is 10.5 Å². The lowest BCUT2D eigenvalue weighted by molar-refractivity contribution is 0.0459. The monoisotopic (exact) mass is 428 g/mol. The van der Waals surface area contributed by atoms with Crippen LogP contribution in [0.4, 0.5) is 28.7 Å². The molecule has 0 saturated carbocycles. The number of rotatable bonds is 7. The first-order valence-corrected chi connectivity index (χ1v) is 10.3. The van der Waals surface area contributed by atoms with Gasteiger partial charge in [0.05, 0.1) is 17.7 Å². The second-order valence-electron chi connectivity index (χ2n) is 7.68. The van der Waals surface area contributed by atoms with E-state index in [-0.39, 0.29) is 11.9 Å². The number of pyridine rings is 1. The average Bonchev–Trinajstić information content (AvgIpc) is 2.81. The van der Waals surface area contributed by atoms with Gasteiger partial charge in [-0.3, -0.25) is 4.98 Å².